The number of anilines is 1. The zero-order valence-electron chi connectivity index (χ0n) is 16.9. The summed E-state index contributed by atoms with van der Waals surface area (Å²) >= 11 is 0. The zero-order valence-corrected chi connectivity index (χ0v) is 16.9. The van der Waals surface area contributed by atoms with Gasteiger partial charge >= 0.3 is 0 Å². The molecule has 1 atom stereocenters. The quantitative estimate of drug-likeness (QED) is 0.546. The smallest absolute Gasteiger partial charge is 0.249 e. The van der Waals surface area contributed by atoms with Crippen molar-refractivity contribution in [1.82, 2.24) is 15.3 Å². The summed E-state index contributed by atoms with van der Waals surface area (Å²) in [6, 6.07) is 14.5. The zero-order chi connectivity index (χ0) is 20.8. The lowest BCUT2D eigenvalue weighted by Crippen LogP contribution is -2.47. The van der Waals surface area contributed by atoms with E-state index >= 15 is 0 Å². The predicted octanol–water partition coefficient (Wildman–Crippen LogP) is 3.28. The van der Waals surface area contributed by atoms with Gasteiger partial charge in [-0.05, 0) is 36.1 Å². The fourth-order valence-electron chi connectivity index (χ4n) is 3.14. The second-order valence-corrected chi connectivity index (χ2v) is 7.19. The summed E-state index contributed by atoms with van der Waals surface area (Å²) in [6.07, 6.45) is 0.799. The van der Waals surface area contributed by atoms with E-state index in [2.05, 4.69) is 20.6 Å². The molecule has 2 amide bonds. The summed E-state index contributed by atoms with van der Waals surface area (Å²) in [7, 11) is 1.61. The topological polar surface area (TPSA) is 96.1 Å². The number of aryl methyl sites for hydroxylation is 1. The number of nitrogens with one attached hydrogen (secondary N) is 3. The number of fused-ring (bicyclic) bond motifs is 1. The minimum absolute atomic E-state index is 0.0745. The van der Waals surface area contributed by atoms with Crippen molar-refractivity contribution in [3.8, 4) is 5.75 Å². The molecule has 3 aromatic rings. The van der Waals surface area contributed by atoms with Crippen molar-refractivity contribution in [2.45, 2.75) is 32.7 Å². The largest absolute Gasteiger partial charge is 0.496 e. The van der Waals surface area contributed by atoms with Gasteiger partial charge in [0.2, 0.25) is 17.8 Å². The molecular formula is C22H26N4O3. The van der Waals surface area contributed by atoms with Crippen LogP contribution in [0.3, 0.4) is 0 Å². The highest BCUT2D eigenvalue weighted by atomic mass is 16.5. The minimum atomic E-state index is -0.659. The van der Waals surface area contributed by atoms with Gasteiger partial charge in [-0.15, -0.1) is 0 Å². The first-order valence-electron chi connectivity index (χ1n) is 9.65. The number of rotatable bonds is 8. The minimum Gasteiger partial charge on any atom is -0.496 e. The van der Waals surface area contributed by atoms with Crippen LogP contribution in [0.25, 0.3) is 11.0 Å². The van der Waals surface area contributed by atoms with Gasteiger partial charge in [0, 0.05) is 6.42 Å². The van der Waals surface area contributed by atoms with E-state index in [0.29, 0.717) is 12.4 Å². The molecule has 0 fully saturated rings. The Kier molecular flexibility index (Phi) is 6.49. The SMILES string of the molecule is COc1ccccc1CCC(=O)NC(C(=O)Nc1nc2ccccc2[nH]1)C(C)C. The van der Waals surface area contributed by atoms with Crippen LogP contribution < -0.4 is 15.4 Å². The summed E-state index contributed by atoms with van der Waals surface area (Å²) in [4.78, 5) is 32.6. The van der Waals surface area contributed by atoms with Gasteiger partial charge in [-0.25, -0.2) is 4.98 Å². The van der Waals surface area contributed by atoms with E-state index in [4.69, 9.17) is 4.74 Å². The van der Waals surface area contributed by atoms with Gasteiger partial charge < -0.3 is 15.0 Å². The number of benzene rings is 2. The Hall–Kier alpha value is -3.35. The molecule has 0 spiro atoms. The van der Waals surface area contributed by atoms with E-state index in [-0.39, 0.29) is 24.2 Å². The lowest BCUT2D eigenvalue weighted by atomic mass is 10.0. The number of hydrogen-bond acceptors (Lipinski definition) is 4. The standard InChI is InChI=1S/C22H26N4O3/c1-14(2)20(21(28)26-22-23-16-9-5-6-10-17(16)24-22)25-19(27)13-12-15-8-4-7-11-18(15)29-3/h4-11,14,20H,12-13H2,1-3H3,(H,25,27)(H2,23,24,26,28). The number of carbonyl (C=O) groups excluding carboxylic acids is 2. The number of aromatic nitrogens is 2. The number of amides is 2. The van der Waals surface area contributed by atoms with Gasteiger partial charge in [0.25, 0.3) is 0 Å². The second-order valence-electron chi connectivity index (χ2n) is 7.19. The normalized spacial score (nSPS) is 12.0. The fraction of sp³-hybridized carbons (Fsp3) is 0.318. The Bertz CT molecular complexity index is 963. The molecule has 29 heavy (non-hydrogen) atoms. The molecule has 0 bridgehead atoms. The van der Waals surface area contributed by atoms with Crippen molar-refractivity contribution in [1.29, 1.82) is 0 Å². The summed E-state index contributed by atoms with van der Waals surface area (Å²) in [5.74, 6) is 0.558. The third kappa shape index (κ3) is 5.13. The number of carbonyl (C=O) groups is 2. The van der Waals surface area contributed by atoms with Crippen LogP contribution in [-0.4, -0.2) is 34.9 Å². The highest BCUT2D eigenvalue weighted by Gasteiger charge is 2.25. The van der Waals surface area contributed by atoms with Crippen molar-refractivity contribution in [3.05, 3.63) is 54.1 Å². The third-order valence-corrected chi connectivity index (χ3v) is 4.71. The van der Waals surface area contributed by atoms with Crippen LogP contribution >= 0.6 is 0 Å². The lowest BCUT2D eigenvalue weighted by Gasteiger charge is -2.21. The number of ether oxygens (including phenoxy) is 1. The molecule has 0 aliphatic carbocycles. The Morgan fingerprint density at radius 2 is 1.83 bits per heavy atom. The molecule has 2 aromatic carbocycles. The highest BCUT2D eigenvalue weighted by molar-refractivity contribution is 5.97. The third-order valence-electron chi connectivity index (χ3n) is 4.71. The molecule has 0 saturated carbocycles. The van der Waals surface area contributed by atoms with Crippen molar-refractivity contribution < 1.29 is 14.3 Å². The van der Waals surface area contributed by atoms with Crippen LogP contribution in [0.5, 0.6) is 5.75 Å². The number of nitrogens with zero attached hydrogens (tertiary/aromatic N) is 1. The van der Waals surface area contributed by atoms with Crippen molar-refractivity contribution in [2.24, 2.45) is 5.92 Å². The monoisotopic (exact) mass is 394 g/mol. The Balaban J connectivity index is 1.61. The van der Waals surface area contributed by atoms with E-state index in [1.807, 2.05) is 62.4 Å². The highest BCUT2D eigenvalue weighted by Crippen LogP contribution is 2.19. The lowest BCUT2D eigenvalue weighted by molar-refractivity contribution is -0.127. The molecule has 0 aliphatic rings. The summed E-state index contributed by atoms with van der Waals surface area (Å²) < 4.78 is 5.32. The summed E-state index contributed by atoms with van der Waals surface area (Å²) in [5.41, 5.74) is 2.56. The average molecular weight is 394 g/mol. The Morgan fingerprint density at radius 3 is 2.55 bits per heavy atom. The number of aromatic amines is 1. The molecule has 7 nitrogen and oxygen atoms in total. The maximum absolute atomic E-state index is 12.7. The second kappa shape index (κ2) is 9.23. The molecular weight excluding hydrogens is 368 g/mol. The van der Waals surface area contributed by atoms with Crippen LogP contribution in [-0.2, 0) is 16.0 Å². The average Bonchev–Trinajstić information content (AvgIpc) is 3.12. The van der Waals surface area contributed by atoms with Crippen LogP contribution in [0.4, 0.5) is 5.95 Å². The van der Waals surface area contributed by atoms with Crippen molar-refractivity contribution in [2.75, 3.05) is 12.4 Å². The molecule has 7 heteroatoms. The Labute approximate surface area is 169 Å². The number of H-pyrrole nitrogens is 1. The number of para-hydroxylation sites is 3. The molecule has 1 unspecified atom stereocenters. The predicted molar refractivity (Wildman–Crippen MR) is 113 cm³/mol. The number of hydrogen-bond donors (Lipinski definition) is 3. The maximum Gasteiger partial charge on any atom is 0.249 e. The van der Waals surface area contributed by atoms with E-state index in [0.717, 1.165) is 22.3 Å². The van der Waals surface area contributed by atoms with Gasteiger partial charge in [0.1, 0.15) is 11.8 Å². The molecule has 1 heterocycles. The van der Waals surface area contributed by atoms with E-state index in [9.17, 15) is 9.59 Å². The van der Waals surface area contributed by atoms with Gasteiger partial charge in [-0.1, -0.05) is 44.2 Å². The van der Waals surface area contributed by atoms with Gasteiger partial charge in [-0.3, -0.25) is 14.9 Å². The Morgan fingerprint density at radius 1 is 1.10 bits per heavy atom. The fourth-order valence-corrected chi connectivity index (χ4v) is 3.14. The van der Waals surface area contributed by atoms with Crippen LogP contribution in [0.2, 0.25) is 0 Å². The maximum atomic E-state index is 12.7. The van der Waals surface area contributed by atoms with Crippen molar-refractivity contribution >= 4 is 28.8 Å². The first-order valence-corrected chi connectivity index (χ1v) is 9.65. The van der Waals surface area contributed by atoms with E-state index < -0.39 is 6.04 Å². The molecule has 0 aliphatic heterocycles. The van der Waals surface area contributed by atoms with Gasteiger partial charge in [0.15, 0.2) is 0 Å². The van der Waals surface area contributed by atoms with Crippen LogP contribution in [0, 0.1) is 5.92 Å². The molecule has 0 saturated heterocycles. The number of methoxy groups -OCH3 is 1. The van der Waals surface area contributed by atoms with Gasteiger partial charge in [-0.2, -0.15) is 0 Å². The molecule has 3 N–H and O–H groups in total. The molecule has 1 aromatic heterocycles. The molecule has 0 radical (unpaired) electrons. The summed E-state index contributed by atoms with van der Waals surface area (Å²) in [5, 5.41) is 5.61. The van der Waals surface area contributed by atoms with Crippen LogP contribution in [0.15, 0.2) is 48.5 Å². The van der Waals surface area contributed by atoms with Gasteiger partial charge in [0.05, 0.1) is 18.1 Å². The number of imidazole rings is 1. The first kappa shape index (κ1) is 20.4. The van der Waals surface area contributed by atoms with Crippen molar-refractivity contribution in [3.63, 3.8) is 0 Å². The first-order chi connectivity index (χ1) is 14.0. The van der Waals surface area contributed by atoms with Crippen LogP contribution in [0.1, 0.15) is 25.8 Å². The van der Waals surface area contributed by atoms with E-state index in [1.54, 1.807) is 7.11 Å². The van der Waals surface area contributed by atoms with E-state index in [1.165, 1.54) is 0 Å². The summed E-state index contributed by atoms with van der Waals surface area (Å²) in [6.45, 7) is 3.78. The molecule has 3 rings (SSSR count). The molecule has 152 valence electrons.